The van der Waals surface area contributed by atoms with Gasteiger partial charge < -0.3 is 9.47 Å². The summed E-state index contributed by atoms with van der Waals surface area (Å²) >= 11 is 0. The maximum atomic E-state index is 13.0. The number of nitrogens with zero attached hydrogens (tertiary/aromatic N) is 4. The molecule has 0 bridgehead atoms. The lowest BCUT2D eigenvalue weighted by atomic mass is 9.62. The summed E-state index contributed by atoms with van der Waals surface area (Å²) in [6, 6.07) is 7.89. The quantitative estimate of drug-likeness (QED) is 0.872. The van der Waals surface area contributed by atoms with Gasteiger partial charge in [0.1, 0.15) is 12.2 Å². The van der Waals surface area contributed by atoms with E-state index in [1.165, 1.54) is 19.3 Å². The third-order valence-corrected chi connectivity index (χ3v) is 5.85. The van der Waals surface area contributed by atoms with Gasteiger partial charge in [0.15, 0.2) is 0 Å². The molecule has 1 aromatic heterocycles. The van der Waals surface area contributed by atoms with E-state index in [2.05, 4.69) is 21.7 Å². The second-order valence-corrected chi connectivity index (χ2v) is 7.30. The minimum absolute atomic E-state index is 0.148. The Labute approximate surface area is 142 Å². The van der Waals surface area contributed by atoms with Crippen molar-refractivity contribution in [2.45, 2.75) is 45.6 Å². The van der Waals surface area contributed by atoms with Gasteiger partial charge in [-0.3, -0.25) is 4.79 Å². The molecule has 1 spiro atoms. The molecule has 1 atom stereocenters. The van der Waals surface area contributed by atoms with Gasteiger partial charge in [-0.1, -0.05) is 24.1 Å². The lowest BCUT2D eigenvalue weighted by Crippen LogP contribution is -2.38. The minimum Gasteiger partial charge on any atom is -0.337 e. The molecule has 2 aromatic rings. The summed E-state index contributed by atoms with van der Waals surface area (Å²) in [5.41, 5.74) is 2.13. The van der Waals surface area contributed by atoms with E-state index in [1.807, 2.05) is 42.4 Å². The molecule has 126 valence electrons. The Hall–Kier alpha value is -2.17. The monoisotopic (exact) mass is 324 g/mol. The summed E-state index contributed by atoms with van der Waals surface area (Å²) in [6.45, 7) is 6.62. The fourth-order valence-corrected chi connectivity index (χ4v) is 4.35. The van der Waals surface area contributed by atoms with E-state index in [4.69, 9.17) is 0 Å². The van der Waals surface area contributed by atoms with E-state index in [-0.39, 0.29) is 11.3 Å². The first-order valence-corrected chi connectivity index (χ1v) is 8.86. The molecule has 4 rings (SSSR count). The highest BCUT2D eigenvalue weighted by molar-refractivity contribution is 5.94. The second-order valence-electron chi connectivity index (χ2n) is 7.30. The van der Waals surface area contributed by atoms with Gasteiger partial charge >= 0.3 is 0 Å². The van der Waals surface area contributed by atoms with E-state index in [1.54, 1.807) is 0 Å². The number of aryl methyl sites for hydroxylation is 2. The molecule has 5 nitrogen and oxygen atoms in total. The molecule has 1 saturated heterocycles. The standard InChI is InChI=1S/C19H24N4O/c1-3-22-13-20-21-17(22)16-11-23(12-19(16)8-5-9-19)18(24)15-7-4-6-14(2)10-15/h4,6-7,10,13,16H,3,5,8-9,11-12H2,1-2H3. The number of carbonyl (C=O) groups is 1. The van der Waals surface area contributed by atoms with Gasteiger partial charge in [0.2, 0.25) is 0 Å². The Morgan fingerprint density at radius 2 is 2.21 bits per heavy atom. The summed E-state index contributed by atoms with van der Waals surface area (Å²) in [5.74, 6) is 1.51. The lowest BCUT2D eigenvalue weighted by Gasteiger charge is -2.42. The predicted octanol–water partition coefficient (Wildman–Crippen LogP) is 3.02. The van der Waals surface area contributed by atoms with Crippen LogP contribution in [0, 0.1) is 12.3 Å². The van der Waals surface area contributed by atoms with Crippen LogP contribution in [0.1, 0.15) is 53.8 Å². The Kier molecular flexibility index (Phi) is 3.66. The molecule has 1 aliphatic heterocycles. The Bertz CT molecular complexity index is 762. The summed E-state index contributed by atoms with van der Waals surface area (Å²) < 4.78 is 2.13. The van der Waals surface area contributed by atoms with Crippen LogP contribution in [0.2, 0.25) is 0 Å². The summed E-state index contributed by atoms with van der Waals surface area (Å²) in [4.78, 5) is 15.0. The van der Waals surface area contributed by atoms with Crippen molar-refractivity contribution in [2.75, 3.05) is 13.1 Å². The fraction of sp³-hybridized carbons (Fsp3) is 0.526. The number of hydrogen-bond donors (Lipinski definition) is 0. The van der Waals surface area contributed by atoms with Crippen molar-refractivity contribution < 1.29 is 4.79 Å². The summed E-state index contributed by atoms with van der Waals surface area (Å²) in [5, 5.41) is 8.51. The van der Waals surface area contributed by atoms with E-state index >= 15 is 0 Å². The van der Waals surface area contributed by atoms with Gasteiger partial charge in [-0.05, 0) is 44.2 Å². The van der Waals surface area contributed by atoms with E-state index in [0.717, 1.165) is 36.6 Å². The first-order valence-electron chi connectivity index (χ1n) is 8.86. The zero-order valence-corrected chi connectivity index (χ0v) is 14.4. The van der Waals surface area contributed by atoms with Crippen molar-refractivity contribution in [3.05, 3.63) is 47.5 Å². The SMILES string of the molecule is CCn1cnnc1C1CN(C(=O)c2cccc(C)c2)CC12CCC2. The van der Waals surface area contributed by atoms with Gasteiger partial charge in [-0.25, -0.2) is 0 Å². The second kappa shape index (κ2) is 5.72. The van der Waals surface area contributed by atoms with Crippen LogP contribution in [0.15, 0.2) is 30.6 Å². The maximum Gasteiger partial charge on any atom is 0.253 e. The molecule has 1 saturated carbocycles. The zero-order valence-electron chi connectivity index (χ0n) is 14.4. The fourth-order valence-electron chi connectivity index (χ4n) is 4.35. The molecule has 24 heavy (non-hydrogen) atoms. The molecule has 2 fully saturated rings. The number of aromatic nitrogens is 3. The van der Waals surface area contributed by atoms with Gasteiger partial charge in [0.25, 0.3) is 5.91 Å². The van der Waals surface area contributed by atoms with Crippen molar-refractivity contribution in [1.29, 1.82) is 0 Å². The van der Waals surface area contributed by atoms with Crippen LogP contribution >= 0.6 is 0 Å². The number of hydrogen-bond acceptors (Lipinski definition) is 3. The van der Waals surface area contributed by atoms with E-state index < -0.39 is 0 Å². The molecule has 0 radical (unpaired) electrons. The third-order valence-electron chi connectivity index (χ3n) is 5.85. The topological polar surface area (TPSA) is 51.0 Å². The number of carbonyl (C=O) groups excluding carboxylic acids is 1. The van der Waals surface area contributed by atoms with Crippen LogP contribution in [0.4, 0.5) is 0 Å². The van der Waals surface area contributed by atoms with Gasteiger partial charge in [-0.2, -0.15) is 0 Å². The summed E-state index contributed by atoms with van der Waals surface area (Å²) in [6.07, 6.45) is 5.44. The first-order chi connectivity index (χ1) is 11.6. The molecule has 1 aromatic carbocycles. The van der Waals surface area contributed by atoms with Crippen LogP contribution in [0.3, 0.4) is 0 Å². The van der Waals surface area contributed by atoms with Gasteiger partial charge in [0.05, 0.1) is 0 Å². The van der Waals surface area contributed by atoms with Crippen LogP contribution in [0.5, 0.6) is 0 Å². The number of benzene rings is 1. The molecule has 1 amide bonds. The first kappa shape index (κ1) is 15.4. The van der Waals surface area contributed by atoms with Crippen LogP contribution in [0.25, 0.3) is 0 Å². The van der Waals surface area contributed by atoms with Crippen molar-refractivity contribution in [1.82, 2.24) is 19.7 Å². The number of amides is 1. The predicted molar refractivity (Wildman–Crippen MR) is 91.8 cm³/mol. The van der Waals surface area contributed by atoms with Gasteiger partial charge in [-0.15, -0.1) is 10.2 Å². The van der Waals surface area contributed by atoms with Crippen LogP contribution in [-0.2, 0) is 6.54 Å². The number of likely N-dealkylation sites (tertiary alicyclic amines) is 1. The highest BCUT2D eigenvalue weighted by Crippen LogP contribution is 2.55. The lowest BCUT2D eigenvalue weighted by molar-refractivity contribution is 0.0723. The maximum absolute atomic E-state index is 13.0. The van der Waals surface area contributed by atoms with Crippen LogP contribution < -0.4 is 0 Å². The molecule has 1 unspecified atom stereocenters. The minimum atomic E-state index is 0.148. The van der Waals surface area contributed by atoms with E-state index in [9.17, 15) is 4.79 Å². The molecular formula is C19H24N4O. The highest BCUT2D eigenvalue weighted by atomic mass is 16.2. The van der Waals surface area contributed by atoms with Gasteiger partial charge in [0, 0.05) is 31.1 Å². The van der Waals surface area contributed by atoms with Crippen LogP contribution in [-0.4, -0.2) is 38.7 Å². The zero-order chi connectivity index (χ0) is 16.7. The molecule has 5 heteroatoms. The molecule has 1 aliphatic carbocycles. The average Bonchev–Trinajstić information content (AvgIpc) is 3.17. The average molecular weight is 324 g/mol. The largest absolute Gasteiger partial charge is 0.337 e. The highest BCUT2D eigenvalue weighted by Gasteiger charge is 2.53. The molecule has 2 aliphatic rings. The molecule has 2 heterocycles. The van der Waals surface area contributed by atoms with Crippen molar-refractivity contribution in [2.24, 2.45) is 5.41 Å². The third kappa shape index (κ3) is 2.34. The van der Waals surface area contributed by atoms with Crippen molar-refractivity contribution in [3.8, 4) is 0 Å². The van der Waals surface area contributed by atoms with Crippen molar-refractivity contribution >= 4 is 5.91 Å². The Morgan fingerprint density at radius 1 is 1.38 bits per heavy atom. The van der Waals surface area contributed by atoms with Crippen molar-refractivity contribution in [3.63, 3.8) is 0 Å². The molecule has 0 N–H and O–H groups in total. The Balaban J connectivity index is 1.63. The smallest absolute Gasteiger partial charge is 0.253 e. The Morgan fingerprint density at radius 3 is 2.88 bits per heavy atom. The number of rotatable bonds is 3. The summed E-state index contributed by atoms with van der Waals surface area (Å²) in [7, 11) is 0. The molecular weight excluding hydrogens is 300 g/mol. The van der Waals surface area contributed by atoms with E-state index in [0.29, 0.717) is 5.92 Å². The normalized spacial score (nSPS) is 21.9.